The molecule has 1 aliphatic carbocycles. The third-order valence-corrected chi connectivity index (χ3v) is 15.8. The lowest BCUT2D eigenvalue weighted by Gasteiger charge is -2.47. The van der Waals surface area contributed by atoms with Crippen LogP contribution < -0.4 is 31.1 Å². The molecule has 0 saturated heterocycles. The molecule has 74 heavy (non-hydrogen) atoms. The number of hydrogen-bond donors (Lipinski definition) is 0. The highest BCUT2D eigenvalue weighted by Crippen LogP contribution is 2.57. The molecule has 14 rings (SSSR count). The molecule has 4 heterocycles. The van der Waals surface area contributed by atoms with Crippen molar-refractivity contribution in [2.45, 2.75) is 117 Å². The van der Waals surface area contributed by atoms with Crippen molar-refractivity contribution in [1.29, 1.82) is 0 Å². The maximum Gasteiger partial charge on any atom is 0.252 e. The van der Waals surface area contributed by atoms with Gasteiger partial charge in [0.05, 0.1) is 34.3 Å². The van der Waals surface area contributed by atoms with Crippen molar-refractivity contribution < 1.29 is 50.7 Å². The van der Waals surface area contributed by atoms with Gasteiger partial charge in [0.15, 0.2) is 0 Å². The van der Waals surface area contributed by atoms with E-state index in [1.807, 2.05) is 13.8 Å². The fourth-order valence-corrected chi connectivity index (χ4v) is 12.4. The Kier molecular flexibility index (Phi) is 4.39. The second-order valence-electron chi connectivity index (χ2n) is 22.4. The number of benzene rings is 9. The lowest BCUT2D eigenvalue weighted by atomic mass is 9.33. The number of rotatable bonds is 3. The molecule has 0 saturated carbocycles. The van der Waals surface area contributed by atoms with Gasteiger partial charge in [-0.15, -0.1) is 11.3 Å². The van der Waals surface area contributed by atoms with E-state index in [-0.39, 0.29) is 32.5 Å². The van der Waals surface area contributed by atoms with Crippen LogP contribution in [0, 0.1) is 5.41 Å². The molecule has 0 radical (unpaired) electrons. The van der Waals surface area contributed by atoms with Crippen molar-refractivity contribution in [1.82, 2.24) is 0 Å². The Morgan fingerprint density at radius 1 is 0.514 bits per heavy atom. The first-order valence-electron chi connectivity index (χ1n) is 42.5. The van der Waals surface area contributed by atoms with Gasteiger partial charge < -0.3 is 14.7 Å². The maximum absolute atomic E-state index is 11.5. The molecule has 3 aliphatic heterocycles. The van der Waals surface area contributed by atoms with Crippen LogP contribution in [0.25, 0.3) is 42.4 Å². The standard InChI is InChI=1S/C69H66BN3S/c1-65(2,3)41-25-28-43(29-26-41)71-58-32-27-42(66(4,5)6)33-55(58)70-56-38-62-52(53-39-67(7,8)40-63(53)74-62)37-59(56)72(44-30-31-50-48-21-14-13-19-46(48)47-20-15-16-22-49(47)51(50)34-44)61-36-45(35-60(71)64(61)70)73-57-24-18-17-23-54(57)68(9,10)69(73,11)12/h13-38H,39-40H2,1-12H3/i9D3,10D3,11D3,12D3,13D,14D,15D,16D,17D,18D,19D,20D,21D,23D,24D,25D,26D,27D,28D,29D,30D,31D,32D,33D,34D,35D,36D,37D,38D. The van der Waals surface area contributed by atoms with Gasteiger partial charge in [-0.25, -0.2) is 0 Å². The minimum absolute atomic E-state index is 0.00208. The molecule has 1 aromatic heterocycles. The molecule has 9 aromatic carbocycles. The van der Waals surface area contributed by atoms with Gasteiger partial charge in [-0.2, -0.15) is 0 Å². The summed E-state index contributed by atoms with van der Waals surface area (Å²) < 4.78 is 366. The van der Waals surface area contributed by atoms with Crippen LogP contribution in [0.2, 0.25) is 0 Å². The Morgan fingerprint density at radius 3 is 1.84 bits per heavy atom. The van der Waals surface area contributed by atoms with E-state index in [1.165, 1.54) is 0 Å². The van der Waals surface area contributed by atoms with Crippen LogP contribution in [0.1, 0.15) is 161 Å². The summed E-state index contributed by atoms with van der Waals surface area (Å²) in [4.78, 5) is 1.85. The van der Waals surface area contributed by atoms with Crippen LogP contribution >= 0.6 is 11.3 Å². The lowest BCUT2D eigenvalue weighted by Crippen LogP contribution is -2.61. The zero-order chi connectivity index (χ0) is 82.9. The molecule has 0 fully saturated rings. The first kappa shape index (κ1) is 21.4. The van der Waals surface area contributed by atoms with Crippen LogP contribution in [0.15, 0.2) is 157 Å². The summed E-state index contributed by atoms with van der Waals surface area (Å²) in [5.41, 5.74) is -25.3. The predicted octanol–water partition coefficient (Wildman–Crippen LogP) is 17.4. The van der Waals surface area contributed by atoms with Crippen LogP contribution in [-0.2, 0) is 29.1 Å². The molecule has 366 valence electrons. The Balaban J connectivity index is 1.37. The van der Waals surface area contributed by atoms with Crippen molar-refractivity contribution in [2.24, 2.45) is 5.41 Å². The summed E-state index contributed by atoms with van der Waals surface area (Å²) in [6.07, 6.45) is 0.517. The maximum atomic E-state index is 11.5. The average Bonchev–Trinajstić information content (AvgIpc) is 1.48. The normalized spacial score (nSPS) is 24.8. The Bertz CT molecular complexity index is 5960. The Morgan fingerprint density at radius 2 is 1.14 bits per heavy atom. The van der Waals surface area contributed by atoms with Crippen molar-refractivity contribution in [3.8, 4) is 0 Å². The summed E-state index contributed by atoms with van der Waals surface area (Å²) >= 11 is 1.08. The van der Waals surface area contributed by atoms with Gasteiger partial charge >= 0.3 is 0 Å². The second-order valence-corrected chi connectivity index (χ2v) is 23.5. The third-order valence-electron chi connectivity index (χ3n) is 14.6. The van der Waals surface area contributed by atoms with Gasteiger partial charge in [0.25, 0.3) is 6.71 Å². The zero-order valence-corrected chi connectivity index (χ0v) is 42.1. The number of para-hydroxylation sites is 1. The monoisotopic (exact) mass is 1020 g/mol. The fourth-order valence-electron chi connectivity index (χ4n) is 11.0. The summed E-state index contributed by atoms with van der Waals surface area (Å²) in [5, 5.41) is -3.36. The third kappa shape index (κ3) is 6.38. The van der Waals surface area contributed by atoms with Gasteiger partial charge in [0.2, 0.25) is 0 Å². The van der Waals surface area contributed by atoms with E-state index in [0.29, 0.717) is 21.8 Å². The van der Waals surface area contributed by atoms with Crippen molar-refractivity contribution in [3.05, 3.63) is 184 Å². The van der Waals surface area contributed by atoms with Crippen LogP contribution in [0.4, 0.5) is 45.5 Å². The lowest BCUT2D eigenvalue weighted by molar-refractivity contribution is 0.330. The fraction of sp³-hybridized carbons (Fsp3) is 0.275. The molecule has 4 aliphatic rings. The van der Waals surface area contributed by atoms with Gasteiger partial charge in [-0.1, -0.05) is 166 Å². The van der Waals surface area contributed by atoms with Gasteiger partial charge in [-0.05, 0) is 180 Å². The topological polar surface area (TPSA) is 9.72 Å². The van der Waals surface area contributed by atoms with E-state index < -0.39 is 312 Å². The molecule has 0 spiro atoms. The smallest absolute Gasteiger partial charge is 0.252 e. The largest absolute Gasteiger partial charge is 0.335 e. The van der Waals surface area contributed by atoms with E-state index in [9.17, 15) is 43.9 Å². The molecule has 0 unspecified atom stereocenters. The highest BCUT2D eigenvalue weighted by molar-refractivity contribution is 7.19. The number of thiophene rings is 1. The van der Waals surface area contributed by atoms with Crippen molar-refractivity contribution >= 4 is 122 Å². The number of anilines is 8. The summed E-state index contributed by atoms with van der Waals surface area (Å²) in [5.74, 6) is 0. The Labute approximate surface area is 494 Å². The highest BCUT2D eigenvalue weighted by atomic mass is 32.1. The van der Waals surface area contributed by atoms with Gasteiger partial charge in [-0.3, -0.25) is 0 Å². The number of fused-ring (bicyclic) bond motifs is 14. The van der Waals surface area contributed by atoms with E-state index in [1.54, 1.807) is 41.5 Å². The molecular formula is C69H66BN3S. The van der Waals surface area contributed by atoms with E-state index >= 15 is 0 Å². The van der Waals surface area contributed by atoms with Crippen molar-refractivity contribution in [3.63, 3.8) is 0 Å². The minimum Gasteiger partial charge on any atom is -0.335 e. The average molecular weight is 1020 g/mol. The van der Waals surface area contributed by atoms with Crippen LogP contribution in [0.3, 0.4) is 0 Å². The molecule has 0 atom stereocenters. The van der Waals surface area contributed by atoms with E-state index in [2.05, 4.69) is 0 Å². The summed E-state index contributed by atoms with van der Waals surface area (Å²) in [6.45, 7) is -7.80. The van der Waals surface area contributed by atoms with Gasteiger partial charge in [0.1, 0.15) is 0 Å². The molecule has 5 heteroatoms. The molecule has 0 bridgehead atoms. The predicted molar refractivity (Wildman–Crippen MR) is 323 cm³/mol. The SMILES string of the molecule is [2H]c1cc2c(c([2H])c1[2H])c1c([2H])c([2H])c([2H])c([2H])c1c1c([2H])c([2H])c(N3c4c([2H])c(N5c6c([2H])c([2H])c([2H])c([2H])c6C(C([2H])([2H])[2H])(C([2H])([2H])[2H])C5(C([2H])([2H])[2H])C([2H])([2H])[2H])c([2H])c5c4B(c4c([2H])c(C(C)(C)C)c([2H])c([2H])c4N5c4c([2H])c([2H])c(C(C)(C)C)c([2H])c4[2H])c4c3c([2H])c3c5c(sc3c4[2H])CC(C)(C)C5)c([2H])c21. The number of nitrogens with zero attached hydrogens (tertiary/aromatic N) is 3. The summed E-state index contributed by atoms with van der Waals surface area (Å²) in [6, 6.07) is -24.9. The van der Waals surface area contributed by atoms with Crippen LogP contribution in [0.5, 0.6) is 0 Å². The molecular weight excluding hydrogens is 914 g/mol. The first-order valence-corrected chi connectivity index (χ1v) is 24.8. The molecule has 0 amide bonds. The minimum atomic E-state index is -4.90. The van der Waals surface area contributed by atoms with E-state index in [0.717, 1.165) is 22.3 Å². The zero-order valence-electron chi connectivity index (χ0n) is 78.3. The quantitative estimate of drug-likeness (QED) is 0.129. The number of hydrogen-bond acceptors (Lipinski definition) is 4. The molecule has 0 N–H and O–H groups in total. The molecule has 10 aromatic rings. The summed E-state index contributed by atoms with van der Waals surface area (Å²) in [7, 11) is 0. The molecule has 3 nitrogen and oxygen atoms in total. The second kappa shape index (κ2) is 15.2. The highest BCUT2D eigenvalue weighted by Gasteiger charge is 2.52. The van der Waals surface area contributed by atoms with Crippen LogP contribution in [-0.4, -0.2) is 12.3 Å². The van der Waals surface area contributed by atoms with Crippen molar-refractivity contribution in [2.75, 3.05) is 14.7 Å². The first-order chi connectivity index (χ1) is 50.7. The Hall–Kier alpha value is -6.82. The van der Waals surface area contributed by atoms with E-state index in [4.69, 9.17) is 6.85 Å². The van der Waals surface area contributed by atoms with Gasteiger partial charge in [0, 0.05) is 82.5 Å².